The van der Waals surface area contributed by atoms with Crippen LogP contribution in [0.15, 0.2) is 42.5 Å². The summed E-state index contributed by atoms with van der Waals surface area (Å²) in [5.74, 6) is 0.857. The summed E-state index contributed by atoms with van der Waals surface area (Å²) in [6, 6.07) is 14.6. The molecule has 1 atom stereocenters. The molecule has 0 saturated heterocycles. The minimum absolute atomic E-state index is 0.152. The zero-order valence-electron chi connectivity index (χ0n) is 12.5. The molecule has 0 heterocycles. The second-order valence-corrected chi connectivity index (χ2v) is 5.21. The van der Waals surface area contributed by atoms with Crippen LogP contribution in [-0.4, -0.2) is 7.11 Å². The highest BCUT2D eigenvalue weighted by Crippen LogP contribution is 2.29. The first kappa shape index (κ1) is 14.6. The van der Waals surface area contributed by atoms with Gasteiger partial charge in [0.2, 0.25) is 0 Å². The lowest BCUT2D eigenvalue weighted by atomic mass is 9.96. The predicted octanol–water partition coefficient (Wildman–Crippen LogP) is 4.00. The molecule has 2 aromatic rings. The van der Waals surface area contributed by atoms with Gasteiger partial charge in [-0.2, -0.15) is 0 Å². The third-order valence-corrected chi connectivity index (χ3v) is 3.60. The number of benzene rings is 2. The lowest BCUT2D eigenvalue weighted by Crippen LogP contribution is -2.13. The Bertz CT molecular complexity index is 560. The van der Waals surface area contributed by atoms with E-state index in [1.807, 2.05) is 6.07 Å². The summed E-state index contributed by atoms with van der Waals surface area (Å²) >= 11 is 0. The summed E-state index contributed by atoms with van der Waals surface area (Å²) in [6.45, 7) is 4.24. The Balaban J connectivity index is 2.28. The molecule has 0 aliphatic carbocycles. The van der Waals surface area contributed by atoms with E-state index in [4.69, 9.17) is 10.5 Å². The average Bonchev–Trinajstić information content (AvgIpc) is 2.47. The molecule has 20 heavy (non-hydrogen) atoms. The summed E-state index contributed by atoms with van der Waals surface area (Å²) in [7, 11) is 1.69. The highest BCUT2D eigenvalue weighted by atomic mass is 16.5. The number of methoxy groups -OCH3 is 1. The maximum absolute atomic E-state index is 6.39. The molecule has 0 radical (unpaired) electrons. The molecular weight excluding hydrogens is 246 g/mol. The van der Waals surface area contributed by atoms with Gasteiger partial charge < -0.3 is 10.5 Å². The van der Waals surface area contributed by atoms with Crippen LogP contribution in [0, 0.1) is 6.92 Å². The first-order valence-electron chi connectivity index (χ1n) is 7.14. The maximum atomic E-state index is 6.39. The van der Waals surface area contributed by atoms with Gasteiger partial charge in [-0.15, -0.1) is 0 Å². The number of rotatable bonds is 5. The van der Waals surface area contributed by atoms with Crippen molar-refractivity contribution in [3.63, 3.8) is 0 Å². The molecule has 1 unspecified atom stereocenters. The maximum Gasteiger partial charge on any atom is 0.124 e. The van der Waals surface area contributed by atoms with E-state index < -0.39 is 0 Å². The van der Waals surface area contributed by atoms with Gasteiger partial charge >= 0.3 is 0 Å². The molecule has 0 spiro atoms. The molecule has 2 heteroatoms. The van der Waals surface area contributed by atoms with Crippen molar-refractivity contribution in [2.24, 2.45) is 5.73 Å². The fraction of sp³-hybridized carbons (Fsp3) is 0.333. The van der Waals surface area contributed by atoms with E-state index in [2.05, 4.69) is 50.2 Å². The minimum Gasteiger partial charge on any atom is -0.496 e. The first-order chi connectivity index (χ1) is 9.65. The van der Waals surface area contributed by atoms with Crippen LogP contribution >= 0.6 is 0 Å². The molecule has 2 N–H and O–H groups in total. The zero-order chi connectivity index (χ0) is 14.5. The third kappa shape index (κ3) is 3.20. The molecule has 2 rings (SSSR count). The Labute approximate surface area is 121 Å². The standard InChI is InChI=1S/C18H23NO/c1-4-5-14-7-9-15(10-8-14)18(19)16-11-6-13(2)12-17(16)20-3/h6-12,18H,4-5,19H2,1-3H3. The highest BCUT2D eigenvalue weighted by molar-refractivity contribution is 5.43. The molecule has 2 aromatic carbocycles. The molecule has 0 bridgehead atoms. The average molecular weight is 269 g/mol. The van der Waals surface area contributed by atoms with Crippen LogP contribution in [0.5, 0.6) is 5.75 Å². The van der Waals surface area contributed by atoms with Crippen LogP contribution in [0.3, 0.4) is 0 Å². The quantitative estimate of drug-likeness (QED) is 0.890. The zero-order valence-corrected chi connectivity index (χ0v) is 12.5. The third-order valence-electron chi connectivity index (χ3n) is 3.60. The topological polar surface area (TPSA) is 35.2 Å². The van der Waals surface area contributed by atoms with Crippen molar-refractivity contribution < 1.29 is 4.74 Å². The summed E-state index contributed by atoms with van der Waals surface area (Å²) in [4.78, 5) is 0. The van der Waals surface area contributed by atoms with Crippen LogP contribution in [0.2, 0.25) is 0 Å². The summed E-state index contributed by atoms with van der Waals surface area (Å²) in [5, 5.41) is 0. The first-order valence-corrected chi connectivity index (χ1v) is 7.14. The Morgan fingerprint density at radius 3 is 2.40 bits per heavy atom. The van der Waals surface area contributed by atoms with Gasteiger partial charge in [-0.1, -0.05) is 49.7 Å². The van der Waals surface area contributed by atoms with E-state index in [1.54, 1.807) is 7.11 Å². The van der Waals surface area contributed by atoms with Crippen molar-refractivity contribution in [1.29, 1.82) is 0 Å². The molecule has 2 nitrogen and oxygen atoms in total. The van der Waals surface area contributed by atoms with Gasteiger partial charge in [-0.25, -0.2) is 0 Å². The Morgan fingerprint density at radius 1 is 1.10 bits per heavy atom. The second-order valence-electron chi connectivity index (χ2n) is 5.21. The van der Waals surface area contributed by atoms with Gasteiger partial charge in [-0.3, -0.25) is 0 Å². The fourth-order valence-electron chi connectivity index (χ4n) is 2.44. The van der Waals surface area contributed by atoms with E-state index in [0.717, 1.165) is 29.7 Å². The van der Waals surface area contributed by atoms with E-state index in [1.165, 1.54) is 11.1 Å². The minimum atomic E-state index is -0.152. The molecule has 0 saturated carbocycles. The molecule has 0 aromatic heterocycles. The Hall–Kier alpha value is -1.80. The van der Waals surface area contributed by atoms with Crippen molar-refractivity contribution in [3.05, 3.63) is 64.7 Å². The largest absolute Gasteiger partial charge is 0.496 e. The van der Waals surface area contributed by atoms with E-state index in [9.17, 15) is 0 Å². The Kier molecular flexibility index (Phi) is 4.80. The summed E-state index contributed by atoms with van der Waals surface area (Å²) in [6.07, 6.45) is 2.28. The van der Waals surface area contributed by atoms with Crippen LogP contribution in [0.25, 0.3) is 0 Å². The number of ether oxygens (including phenoxy) is 1. The van der Waals surface area contributed by atoms with Crippen molar-refractivity contribution >= 4 is 0 Å². The van der Waals surface area contributed by atoms with Gasteiger partial charge in [0.15, 0.2) is 0 Å². The van der Waals surface area contributed by atoms with Crippen molar-refractivity contribution in [2.45, 2.75) is 32.7 Å². The van der Waals surface area contributed by atoms with Gasteiger partial charge in [0, 0.05) is 5.56 Å². The number of nitrogens with two attached hydrogens (primary N) is 1. The normalized spacial score (nSPS) is 12.2. The highest BCUT2D eigenvalue weighted by Gasteiger charge is 2.14. The molecule has 106 valence electrons. The predicted molar refractivity (Wildman–Crippen MR) is 84.2 cm³/mol. The van der Waals surface area contributed by atoms with Gasteiger partial charge in [0.05, 0.1) is 13.2 Å². The second kappa shape index (κ2) is 6.58. The summed E-state index contributed by atoms with van der Waals surface area (Å²) in [5.41, 5.74) is 11.1. The summed E-state index contributed by atoms with van der Waals surface area (Å²) < 4.78 is 5.45. The smallest absolute Gasteiger partial charge is 0.124 e. The molecule has 0 amide bonds. The van der Waals surface area contributed by atoms with E-state index >= 15 is 0 Å². The Morgan fingerprint density at radius 2 is 1.80 bits per heavy atom. The fourth-order valence-corrected chi connectivity index (χ4v) is 2.44. The van der Waals surface area contributed by atoms with Crippen molar-refractivity contribution in [3.8, 4) is 5.75 Å². The molecule has 0 aliphatic rings. The van der Waals surface area contributed by atoms with Crippen LogP contribution in [-0.2, 0) is 6.42 Å². The van der Waals surface area contributed by atoms with Gasteiger partial charge in [0.25, 0.3) is 0 Å². The number of hydrogen-bond donors (Lipinski definition) is 1. The monoisotopic (exact) mass is 269 g/mol. The lowest BCUT2D eigenvalue weighted by Gasteiger charge is -2.17. The van der Waals surface area contributed by atoms with Gasteiger partial charge in [0.1, 0.15) is 5.75 Å². The molecule has 0 aliphatic heterocycles. The van der Waals surface area contributed by atoms with Crippen molar-refractivity contribution in [2.75, 3.05) is 7.11 Å². The molecule has 0 fully saturated rings. The van der Waals surface area contributed by atoms with Crippen LogP contribution in [0.4, 0.5) is 0 Å². The molecular formula is C18H23NO. The van der Waals surface area contributed by atoms with E-state index in [0.29, 0.717) is 0 Å². The van der Waals surface area contributed by atoms with Crippen LogP contribution in [0.1, 0.15) is 41.6 Å². The van der Waals surface area contributed by atoms with Crippen molar-refractivity contribution in [1.82, 2.24) is 0 Å². The number of hydrogen-bond acceptors (Lipinski definition) is 2. The van der Waals surface area contributed by atoms with E-state index in [-0.39, 0.29) is 6.04 Å². The van der Waals surface area contributed by atoms with Crippen LogP contribution < -0.4 is 10.5 Å². The lowest BCUT2D eigenvalue weighted by molar-refractivity contribution is 0.407. The number of aryl methyl sites for hydroxylation is 2. The SMILES string of the molecule is CCCc1ccc(C(N)c2ccc(C)cc2OC)cc1. The van der Waals surface area contributed by atoms with Gasteiger partial charge in [-0.05, 0) is 36.1 Å².